The van der Waals surface area contributed by atoms with Gasteiger partial charge in [-0.1, -0.05) is 12.1 Å². The van der Waals surface area contributed by atoms with Crippen molar-refractivity contribution in [2.24, 2.45) is 0 Å². The smallest absolute Gasteiger partial charge is 0.0480 e. The molecule has 1 heterocycles. The molecule has 16 heavy (non-hydrogen) atoms. The van der Waals surface area contributed by atoms with Crippen LogP contribution < -0.4 is 5.73 Å². The van der Waals surface area contributed by atoms with Crippen LogP contribution in [-0.2, 0) is 0 Å². The topological polar surface area (TPSA) is 41.8 Å². The van der Waals surface area contributed by atoms with Crippen LogP contribution in [0.5, 0.6) is 0 Å². The molecule has 1 aromatic carbocycles. The number of rotatable bonds is 1. The molecule has 2 aromatic rings. The van der Waals surface area contributed by atoms with E-state index in [9.17, 15) is 0 Å². The Kier molecular flexibility index (Phi) is 2.21. The Morgan fingerprint density at radius 3 is 2.94 bits per heavy atom. The highest BCUT2D eigenvalue weighted by Crippen LogP contribution is 2.32. The van der Waals surface area contributed by atoms with Gasteiger partial charge in [0, 0.05) is 28.4 Å². The minimum Gasteiger partial charge on any atom is -0.399 e. The summed E-state index contributed by atoms with van der Waals surface area (Å²) in [4.78, 5) is 3.31. The summed E-state index contributed by atoms with van der Waals surface area (Å²) < 4.78 is 0. The van der Waals surface area contributed by atoms with E-state index in [0.29, 0.717) is 0 Å². The lowest BCUT2D eigenvalue weighted by atomic mass is 9.93. The van der Waals surface area contributed by atoms with E-state index in [-0.39, 0.29) is 0 Å². The zero-order chi connectivity index (χ0) is 11.0. The molecule has 0 saturated carbocycles. The fourth-order valence-corrected chi connectivity index (χ4v) is 2.49. The van der Waals surface area contributed by atoms with Crippen molar-refractivity contribution in [3.8, 4) is 0 Å². The summed E-state index contributed by atoms with van der Waals surface area (Å²) in [6, 6.07) is 6.09. The summed E-state index contributed by atoms with van der Waals surface area (Å²) in [6.45, 7) is 0. The number of allylic oxidation sites excluding steroid dienone is 2. The third-order valence-electron chi connectivity index (χ3n) is 3.34. The number of nitrogens with one attached hydrogen (secondary N) is 1. The van der Waals surface area contributed by atoms with E-state index in [1.54, 1.807) is 0 Å². The third kappa shape index (κ3) is 1.51. The lowest BCUT2D eigenvalue weighted by Crippen LogP contribution is -1.90. The Labute approximate surface area is 95.2 Å². The fraction of sp³-hybridized carbons (Fsp3) is 0.286. The van der Waals surface area contributed by atoms with Crippen molar-refractivity contribution in [2.45, 2.75) is 25.7 Å². The number of hydrogen-bond acceptors (Lipinski definition) is 1. The molecule has 1 aliphatic rings. The Morgan fingerprint density at radius 2 is 2.12 bits per heavy atom. The maximum atomic E-state index is 5.78. The average molecular weight is 212 g/mol. The molecule has 3 N–H and O–H groups in total. The summed E-state index contributed by atoms with van der Waals surface area (Å²) in [5, 5.41) is 1.29. The van der Waals surface area contributed by atoms with Crippen LogP contribution in [0.4, 0.5) is 5.69 Å². The molecule has 0 atom stereocenters. The highest BCUT2D eigenvalue weighted by molar-refractivity contribution is 5.94. The largest absolute Gasteiger partial charge is 0.399 e. The molecule has 1 aromatic heterocycles. The van der Waals surface area contributed by atoms with Crippen LogP contribution >= 0.6 is 0 Å². The zero-order valence-electron chi connectivity index (χ0n) is 9.29. The standard InChI is InChI=1S/C14H16N2/c15-11-6-7-12-13(9-16-14(12)8-11)10-4-2-1-3-5-10/h4,6-9,16H,1-3,5,15H2. The number of benzene rings is 1. The van der Waals surface area contributed by atoms with Gasteiger partial charge >= 0.3 is 0 Å². The summed E-state index contributed by atoms with van der Waals surface area (Å²) in [5.74, 6) is 0. The molecule has 0 unspecified atom stereocenters. The van der Waals surface area contributed by atoms with Crippen molar-refractivity contribution in [1.82, 2.24) is 4.98 Å². The number of aromatic amines is 1. The van der Waals surface area contributed by atoms with Gasteiger partial charge in [-0.15, -0.1) is 0 Å². The number of aromatic nitrogens is 1. The molecule has 1 aliphatic carbocycles. The van der Waals surface area contributed by atoms with E-state index in [0.717, 1.165) is 11.2 Å². The van der Waals surface area contributed by atoms with Crippen LogP contribution in [0.15, 0.2) is 30.5 Å². The van der Waals surface area contributed by atoms with Gasteiger partial charge in [0.15, 0.2) is 0 Å². The van der Waals surface area contributed by atoms with Crippen LogP contribution in [0, 0.1) is 0 Å². The van der Waals surface area contributed by atoms with Gasteiger partial charge in [-0.25, -0.2) is 0 Å². The minimum absolute atomic E-state index is 0.818. The molecule has 0 amide bonds. The Morgan fingerprint density at radius 1 is 1.19 bits per heavy atom. The molecular formula is C14H16N2. The first-order chi connectivity index (χ1) is 7.84. The molecular weight excluding hydrogens is 196 g/mol. The number of anilines is 1. The maximum absolute atomic E-state index is 5.78. The Balaban J connectivity index is 2.13. The predicted octanol–water partition coefficient (Wildman–Crippen LogP) is 3.71. The number of fused-ring (bicyclic) bond motifs is 1. The maximum Gasteiger partial charge on any atom is 0.0480 e. The molecule has 2 heteroatoms. The van der Waals surface area contributed by atoms with Crippen LogP contribution in [0.3, 0.4) is 0 Å². The Bertz CT molecular complexity index is 549. The van der Waals surface area contributed by atoms with Crippen molar-refractivity contribution in [2.75, 3.05) is 5.73 Å². The van der Waals surface area contributed by atoms with Crippen molar-refractivity contribution in [1.29, 1.82) is 0 Å². The first kappa shape index (κ1) is 9.52. The number of nitrogen functional groups attached to an aromatic ring is 1. The van der Waals surface area contributed by atoms with Crippen LogP contribution in [0.2, 0.25) is 0 Å². The van der Waals surface area contributed by atoms with Gasteiger partial charge in [-0.05, 0) is 43.4 Å². The second-order valence-corrected chi connectivity index (χ2v) is 4.48. The van der Waals surface area contributed by atoms with Crippen LogP contribution in [0.1, 0.15) is 31.2 Å². The summed E-state index contributed by atoms with van der Waals surface area (Å²) in [7, 11) is 0. The number of hydrogen-bond donors (Lipinski definition) is 2. The SMILES string of the molecule is Nc1ccc2c(C3=CCCCC3)c[nH]c2c1. The van der Waals surface area contributed by atoms with Gasteiger partial charge < -0.3 is 10.7 Å². The quantitative estimate of drug-likeness (QED) is 0.695. The molecule has 0 bridgehead atoms. The lowest BCUT2D eigenvalue weighted by Gasteiger charge is -2.11. The predicted molar refractivity (Wildman–Crippen MR) is 69.2 cm³/mol. The van der Waals surface area contributed by atoms with Crippen molar-refractivity contribution >= 4 is 22.2 Å². The third-order valence-corrected chi connectivity index (χ3v) is 3.34. The molecule has 0 saturated heterocycles. The van der Waals surface area contributed by atoms with Gasteiger partial charge in [0.2, 0.25) is 0 Å². The van der Waals surface area contributed by atoms with Crippen molar-refractivity contribution in [3.63, 3.8) is 0 Å². The molecule has 0 fully saturated rings. The Hall–Kier alpha value is -1.70. The summed E-state index contributed by atoms with van der Waals surface area (Å²) >= 11 is 0. The molecule has 82 valence electrons. The highest BCUT2D eigenvalue weighted by Gasteiger charge is 2.10. The summed E-state index contributed by atoms with van der Waals surface area (Å²) in [5.41, 5.74) is 10.6. The van der Waals surface area contributed by atoms with E-state index in [4.69, 9.17) is 5.73 Å². The molecule has 0 spiro atoms. The van der Waals surface area contributed by atoms with Gasteiger partial charge in [0.1, 0.15) is 0 Å². The monoisotopic (exact) mass is 212 g/mol. The van der Waals surface area contributed by atoms with E-state index in [1.807, 2.05) is 12.1 Å². The zero-order valence-corrected chi connectivity index (χ0v) is 9.29. The van der Waals surface area contributed by atoms with E-state index in [1.165, 1.54) is 42.2 Å². The molecule has 3 rings (SSSR count). The molecule has 2 nitrogen and oxygen atoms in total. The van der Waals surface area contributed by atoms with Crippen LogP contribution in [0.25, 0.3) is 16.5 Å². The van der Waals surface area contributed by atoms with Crippen molar-refractivity contribution in [3.05, 3.63) is 36.0 Å². The number of nitrogens with two attached hydrogens (primary N) is 1. The second kappa shape index (κ2) is 3.71. The fourth-order valence-electron chi connectivity index (χ4n) is 2.49. The number of H-pyrrole nitrogens is 1. The average Bonchev–Trinajstić information content (AvgIpc) is 2.73. The van der Waals surface area contributed by atoms with E-state index in [2.05, 4.69) is 23.3 Å². The van der Waals surface area contributed by atoms with Gasteiger partial charge in [0.05, 0.1) is 0 Å². The molecule has 0 radical (unpaired) electrons. The summed E-state index contributed by atoms with van der Waals surface area (Å²) in [6.07, 6.45) is 9.56. The first-order valence-corrected chi connectivity index (χ1v) is 5.90. The highest BCUT2D eigenvalue weighted by atomic mass is 14.7. The minimum atomic E-state index is 0.818. The van der Waals surface area contributed by atoms with E-state index < -0.39 is 0 Å². The molecule has 0 aliphatic heterocycles. The lowest BCUT2D eigenvalue weighted by molar-refractivity contribution is 0.742. The van der Waals surface area contributed by atoms with Crippen LogP contribution in [-0.4, -0.2) is 4.98 Å². The normalized spacial score (nSPS) is 16.4. The first-order valence-electron chi connectivity index (χ1n) is 5.90. The van der Waals surface area contributed by atoms with Gasteiger partial charge in [-0.3, -0.25) is 0 Å². The van der Waals surface area contributed by atoms with Gasteiger partial charge in [0.25, 0.3) is 0 Å². The second-order valence-electron chi connectivity index (χ2n) is 4.48. The van der Waals surface area contributed by atoms with E-state index >= 15 is 0 Å². The van der Waals surface area contributed by atoms with Gasteiger partial charge in [-0.2, -0.15) is 0 Å². The van der Waals surface area contributed by atoms with Crippen molar-refractivity contribution < 1.29 is 0 Å².